The zero-order valence-corrected chi connectivity index (χ0v) is 18.9. The highest BCUT2D eigenvalue weighted by molar-refractivity contribution is 7.89. The van der Waals surface area contributed by atoms with Crippen molar-refractivity contribution in [3.05, 3.63) is 102 Å². The highest BCUT2D eigenvalue weighted by atomic mass is 32.2. The Balaban J connectivity index is 1.38. The number of amides is 1. The molecule has 7 heteroatoms. The van der Waals surface area contributed by atoms with E-state index in [1.165, 1.54) is 12.1 Å². The van der Waals surface area contributed by atoms with Crippen LogP contribution in [0.25, 0.3) is 10.8 Å². The van der Waals surface area contributed by atoms with Gasteiger partial charge in [-0.05, 0) is 47.7 Å². The molecule has 0 atom stereocenters. The minimum absolute atomic E-state index is 0.142. The van der Waals surface area contributed by atoms with Gasteiger partial charge in [0, 0.05) is 17.6 Å². The lowest BCUT2D eigenvalue weighted by Gasteiger charge is -2.13. The lowest BCUT2D eigenvalue weighted by Crippen LogP contribution is -2.23. The molecule has 1 amide bonds. The molecule has 0 aliphatic rings. The third kappa shape index (κ3) is 5.58. The molecule has 168 valence electrons. The Morgan fingerprint density at radius 1 is 0.879 bits per heavy atom. The molecule has 4 aromatic carbocycles. The van der Waals surface area contributed by atoms with Gasteiger partial charge in [-0.2, -0.15) is 0 Å². The molecule has 4 rings (SSSR count). The Morgan fingerprint density at radius 2 is 1.61 bits per heavy atom. The molecule has 0 aliphatic heterocycles. The third-order valence-electron chi connectivity index (χ3n) is 5.19. The number of benzene rings is 4. The summed E-state index contributed by atoms with van der Waals surface area (Å²) >= 11 is 0. The van der Waals surface area contributed by atoms with Gasteiger partial charge >= 0.3 is 0 Å². The summed E-state index contributed by atoms with van der Waals surface area (Å²) < 4.78 is 33.5. The molecule has 0 saturated heterocycles. The Labute approximate surface area is 193 Å². The summed E-state index contributed by atoms with van der Waals surface area (Å²) in [6, 6.07) is 27.4. The summed E-state index contributed by atoms with van der Waals surface area (Å²) in [7, 11) is -3.68. The zero-order valence-electron chi connectivity index (χ0n) is 18.1. The zero-order chi connectivity index (χ0) is 23.3. The minimum Gasteiger partial charge on any atom is -0.483 e. The fourth-order valence-corrected chi connectivity index (χ4v) is 4.58. The Bertz CT molecular complexity index is 1380. The molecular formula is C26H24N2O4S. The molecule has 0 heterocycles. The van der Waals surface area contributed by atoms with E-state index in [9.17, 15) is 13.2 Å². The average Bonchev–Trinajstić information content (AvgIpc) is 2.83. The molecule has 6 nitrogen and oxygen atoms in total. The number of carbonyl (C=O) groups excluding carboxylic acids is 1. The number of anilines is 1. The van der Waals surface area contributed by atoms with Crippen LogP contribution in [0.15, 0.2) is 95.9 Å². The lowest BCUT2D eigenvalue weighted by atomic mass is 10.1. The second-order valence-electron chi connectivity index (χ2n) is 7.60. The molecule has 0 aliphatic carbocycles. The normalized spacial score (nSPS) is 11.3. The van der Waals surface area contributed by atoms with Gasteiger partial charge in [0.15, 0.2) is 6.61 Å². The summed E-state index contributed by atoms with van der Waals surface area (Å²) in [4.78, 5) is 12.6. The van der Waals surface area contributed by atoms with Gasteiger partial charge in [0.05, 0.1) is 4.90 Å². The maximum Gasteiger partial charge on any atom is 0.262 e. The van der Waals surface area contributed by atoms with Gasteiger partial charge in [-0.15, -0.1) is 0 Å². The van der Waals surface area contributed by atoms with Gasteiger partial charge in [-0.1, -0.05) is 66.7 Å². The van der Waals surface area contributed by atoms with E-state index in [2.05, 4.69) is 10.0 Å². The maximum absolute atomic E-state index is 12.6. The van der Waals surface area contributed by atoms with Crippen molar-refractivity contribution in [3.8, 4) is 5.75 Å². The maximum atomic E-state index is 12.6. The Morgan fingerprint density at radius 3 is 2.39 bits per heavy atom. The van der Waals surface area contributed by atoms with Gasteiger partial charge in [-0.25, -0.2) is 13.1 Å². The Hall–Kier alpha value is -3.68. The number of fused-ring (bicyclic) bond motifs is 1. The van der Waals surface area contributed by atoms with Crippen LogP contribution < -0.4 is 14.8 Å². The highest BCUT2D eigenvalue weighted by Crippen LogP contribution is 2.24. The summed E-state index contributed by atoms with van der Waals surface area (Å²) in [6.07, 6.45) is 0. The number of aryl methyl sites for hydroxylation is 1. The molecule has 0 saturated carbocycles. The van der Waals surface area contributed by atoms with Crippen LogP contribution in [-0.2, 0) is 21.4 Å². The van der Waals surface area contributed by atoms with Crippen LogP contribution in [0.5, 0.6) is 5.75 Å². The summed E-state index contributed by atoms with van der Waals surface area (Å²) in [5.41, 5.74) is 2.20. The van der Waals surface area contributed by atoms with Crippen LogP contribution in [0, 0.1) is 6.92 Å². The molecule has 0 unspecified atom stereocenters. The topological polar surface area (TPSA) is 84.5 Å². The van der Waals surface area contributed by atoms with Crippen molar-refractivity contribution in [1.82, 2.24) is 4.72 Å². The van der Waals surface area contributed by atoms with Crippen LogP contribution in [-0.4, -0.2) is 20.9 Å². The first kappa shape index (κ1) is 22.5. The van der Waals surface area contributed by atoms with E-state index in [0.717, 1.165) is 16.3 Å². The van der Waals surface area contributed by atoms with Gasteiger partial charge in [-0.3, -0.25) is 4.79 Å². The standard InChI is InChI=1S/C26H24N2O4S/c1-19-16-22(33(30,31)27-17-20-8-3-2-4-9-20)14-15-25(19)32-18-26(29)28-24-13-7-11-21-10-5-6-12-23(21)24/h2-16,27H,17-18H2,1H3,(H,28,29). The lowest BCUT2D eigenvalue weighted by molar-refractivity contribution is -0.118. The first-order valence-corrected chi connectivity index (χ1v) is 12.0. The van der Waals surface area contributed by atoms with Gasteiger partial charge < -0.3 is 10.1 Å². The summed E-state index contributed by atoms with van der Waals surface area (Å²) in [5.74, 6) is 0.150. The second-order valence-corrected chi connectivity index (χ2v) is 9.37. The van der Waals surface area contributed by atoms with E-state index in [4.69, 9.17) is 4.74 Å². The van der Waals surface area contributed by atoms with Crippen LogP contribution in [0.1, 0.15) is 11.1 Å². The number of carbonyl (C=O) groups is 1. The van der Waals surface area contributed by atoms with Crippen molar-refractivity contribution in [2.75, 3.05) is 11.9 Å². The van der Waals surface area contributed by atoms with Gasteiger partial charge in [0.1, 0.15) is 5.75 Å². The minimum atomic E-state index is -3.68. The molecule has 0 aromatic heterocycles. The molecule has 0 bridgehead atoms. The number of nitrogens with one attached hydrogen (secondary N) is 2. The monoisotopic (exact) mass is 460 g/mol. The predicted molar refractivity (Wildman–Crippen MR) is 130 cm³/mol. The summed E-state index contributed by atoms with van der Waals surface area (Å²) in [5, 5.41) is 4.85. The first-order valence-electron chi connectivity index (χ1n) is 10.5. The fraction of sp³-hybridized carbons (Fsp3) is 0.115. The molecule has 0 fully saturated rings. The number of rotatable bonds is 8. The highest BCUT2D eigenvalue weighted by Gasteiger charge is 2.16. The van der Waals surface area contributed by atoms with Gasteiger partial charge in [0.25, 0.3) is 5.91 Å². The SMILES string of the molecule is Cc1cc(S(=O)(=O)NCc2ccccc2)ccc1OCC(=O)Nc1cccc2ccccc12. The molecule has 0 spiro atoms. The van der Waals surface area contributed by atoms with E-state index < -0.39 is 10.0 Å². The van der Waals surface area contributed by atoms with E-state index in [1.54, 1.807) is 13.0 Å². The summed E-state index contributed by atoms with van der Waals surface area (Å²) in [6.45, 7) is 1.76. The average molecular weight is 461 g/mol. The number of ether oxygens (including phenoxy) is 1. The van der Waals surface area contributed by atoms with Crippen LogP contribution in [0.4, 0.5) is 5.69 Å². The van der Waals surface area contributed by atoms with Crippen LogP contribution in [0.3, 0.4) is 0 Å². The smallest absolute Gasteiger partial charge is 0.262 e. The van der Waals surface area contributed by atoms with Crippen molar-refractivity contribution >= 4 is 32.4 Å². The molecule has 2 N–H and O–H groups in total. The van der Waals surface area contributed by atoms with Gasteiger partial charge in [0.2, 0.25) is 10.0 Å². The first-order chi connectivity index (χ1) is 15.9. The van der Waals surface area contributed by atoms with Crippen molar-refractivity contribution in [1.29, 1.82) is 0 Å². The van der Waals surface area contributed by atoms with Crippen LogP contribution in [0.2, 0.25) is 0 Å². The molecular weight excluding hydrogens is 436 g/mol. The quantitative estimate of drug-likeness (QED) is 0.401. The van der Waals surface area contributed by atoms with E-state index in [1.807, 2.05) is 72.8 Å². The van der Waals surface area contributed by atoms with E-state index in [0.29, 0.717) is 17.0 Å². The fourth-order valence-electron chi connectivity index (χ4n) is 3.47. The van der Waals surface area contributed by atoms with Crippen LogP contribution >= 0.6 is 0 Å². The molecule has 33 heavy (non-hydrogen) atoms. The van der Waals surface area contributed by atoms with E-state index >= 15 is 0 Å². The largest absolute Gasteiger partial charge is 0.483 e. The van der Waals surface area contributed by atoms with Crippen molar-refractivity contribution < 1.29 is 17.9 Å². The second kappa shape index (κ2) is 9.85. The number of hydrogen-bond donors (Lipinski definition) is 2. The van der Waals surface area contributed by atoms with Crippen molar-refractivity contribution in [3.63, 3.8) is 0 Å². The number of sulfonamides is 1. The number of hydrogen-bond acceptors (Lipinski definition) is 4. The predicted octanol–water partition coefficient (Wildman–Crippen LogP) is 4.64. The third-order valence-corrected chi connectivity index (χ3v) is 6.59. The molecule has 4 aromatic rings. The molecule has 0 radical (unpaired) electrons. The Kier molecular flexibility index (Phi) is 6.72. The van der Waals surface area contributed by atoms with Crippen molar-refractivity contribution in [2.24, 2.45) is 0 Å². The van der Waals surface area contributed by atoms with Crippen molar-refractivity contribution in [2.45, 2.75) is 18.4 Å². The van der Waals surface area contributed by atoms with E-state index in [-0.39, 0.29) is 24.0 Å².